The standard InChI is InChI=1S/C16H14BrN3O4/c1-11(16(21)19-14-8-6-13(17)7-9-14)24-18-10-12-4-2-3-5-15(12)20(22)23/h2-11H,1H3,(H,19,21)/b18-10+. The third-order valence-electron chi connectivity index (χ3n) is 3.03. The first-order valence-electron chi connectivity index (χ1n) is 6.96. The monoisotopic (exact) mass is 391 g/mol. The smallest absolute Gasteiger partial charge is 0.278 e. The summed E-state index contributed by atoms with van der Waals surface area (Å²) in [5.41, 5.74) is 0.834. The second-order valence-electron chi connectivity index (χ2n) is 4.79. The lowest BCUT2D eigenvalue weighted by Gasteiger charge is -2.10. The number of hydrogen-bond acceptors (Lipinski definition) is 5. The van der Waals surface area contributed by atoms with Crippen molar-refractivity contribution in [3.63, 3.8) is 0 Å². The number of rotatable bonds is 6. The van der Waals surface area contributed by atoms with E-state index in [1.54, 1.807) is 36.4 Å². The first-order valence-corrected chi connectivity index (χ1v) is 7.75. The van der Waals surface area contributed by atoms with Crippen LogP contribution in [0.15, 0.2) is 58.2 Å². The van der Waals surface area contributed by atoms with Gasteiger partial charge in [0.25, 0.3) is 11.6 Å². The highest BCUT2D eigenvalue weighted by Gasteiger charge is 2.15. The Morgan fingerprint density at radius 2 is 1.96 bits per heavy atom. The average Bonchev–Trinajstić information content (AvgIpc) is 2.57. The number of anilines is 1. The minimum absolute atomic E-state index is 0.0863. The first-order chi connectivity index (χ1) is 11.5. The number of amides is 1. The molecule has 0 bridgehead atoms. The van der Waals surface area contributed by atoms with Crippen LogP contribution in [0.3, 0.4) is 0 Å². The van der Waals surface area contributed by atoms with Crippen LogP contribution in [-0.2, 0) is 9.63 Å². The van der Waals surface area contributed by atoms with E-state index in [1.165, 1.54) is 25.3 Å². The normalized spacial score (nSPS) is 11.9. The van der Waals surface area contributed by atoms with Crippen molar-refractivity contribution < 1.29 is 14.6 Å². The number of nitro benzene ring substituents is 1. The SMILES string of the molecule is CC(O/N=C/c1ccccc1[N+](=O)[O-])C(=O)Nc1ccc(Br)cc1. The fraction of sp³-hybridized carbons (Fsp3) is 0.125. The lowest BCUT2D eigenvalue weighted by molar-refractivity contribution is -0.385. The minimum atomic E-state index is -0.854. The van der Waals surface area contributed by atoms with Gasteiger partial charge in [0.05, 0.1) is 16.7 Å². The second kappa shape index (κ2) is 8.21. The molecule has 24 heavy (non-hydrogen) atoms. The molecule has 8 heteroatoms. The number of para-hydroxylation sites is 1. The number of halogens is 1. The van der Waals surface area contributed by atoms with Crippen LogP contribution in [0.2, 0.25) is 0 Å². The highest BCUT2D eigenvalue weighted by Crippen LogP contribution is 2.16. The number of nitrogens with zero attached hydrogens (tertiary/aromatic N) is 2. The fourth-order valence-corrected chi connectivity index (χ4v) is 2.03. The van der Waals surface area contributed by atoms with Gasteiger partial charge in [-0.1, -0.05) is 33.2 Å². The molecule has 1 amide bonds. The quantitative estimate of drug-likeness (QED) is 0.461. The molecular formula is C16H14BrN3O4. The summed E-state index contributed by atoms with van der Waals surface area (Å²) in [6, 6.07) is 13.2. The van der Waals surface area contributed by atoms with Crippen LogP contribution in [0, 0.1) is 10.1 Å². The molecule has 0 radical (unpaired) electrons. The molecule has 0 heterocycles. The number of carbonyl (C=O) groups excluding carboxylic acids is 1. The van der Waals surface area contributed by atoms with Crippen LogP contribution in [0.4, 0.5) is 11.4 Å². The van der Waals surface area contributed by atoms with E-state index < -0.39 is 11.0 Å². The van der Waals surface area contributed by atoms with E-state index in [9.17, 15) is 14.9 Å². The lowest BCUT2D eigenvalue weighted by atomic mass is 10.2. The van der Waals surface area contributed by atoms with Gasteiger partial charge < -0.3 is 10.2 Å². The van der Waals surface area contributed by atoms with Crippen LogP contribution >= 0.6 is 15.9 Å². The summed E-state index contributed by atoms with van der Waals surface area (Å²) in [6.07, 6.45) is 0.356. The van der Waals surface area contributed by atoms with E-state index in [-0.39, 0.29) is 11.6 Å². The van der Waals surface area contributed by atoms with E-state index in [0.717, 1.165) is 4.47 Å². The Hall–Kier alpha value is -2.74. The van der Waals surface area contributed by atoms with Gasteiger partial charge in [-0.2, -0.15) is 0 Å². The Morgan fingerprint density at radius 3 is 2.62 bits per heavy atom. The molecule has 0 aromatic heterocycles. The summed E-state index contributed by atoms with van der Waals surface area (Å²) in [5.74, 6) is -0.378. The van der Waals surface area contributed by atoms with Gasteiger partial charge in [0.1, 0.15) is 0 Å². The van der Waals surface area contributed by atoms with E-state index in [2.05, 4.69) is 26.4 Å². The highest BCUT2D eigenvalue weighted by molar-refractivity contribution is 9.10. The van der Waals surface area contributed by atoms with Crippen molar-refractivity contribution in [2.24, 2.45) is 5.16 Å². The molecular weight excluding hydrogens is 378 g/mol. The third kappa shape index (κ3) is 4.88. The van der Waals surface area contributed by atoms with Crippen molar-refractivity contribution >= 4 is 39.4 Å². The van der Waals surface area contributed by atoms with E-state index >= 15 is 0 Å². The van der Waals surface area contributed by atoms with Crippen LogP contribution in [0.25, 0.3) is 0 Å². The predicted octanol–water partition coefficient (Wildman–Crippen LogP) is 3.74. The molecule has 0 aliphatic heterocycles. The molecule has 1 atom stereocenters. The number of carbonyl (C=O) groups is 1. The van der Waals surface area contributed by atoms with Crippen LogP contribution in [-0.4, -0.2) is 23.1 Å². The largest absolute Gasteiger partial charge is 0.383 e. The number of nitro groups is 1. The summed E-state index contributed by atoms with van der Waals surface area (Å²) in [7, 11) is 0. The van der Waals surface area contributed by atoms with Gasteiger partial charge in [0.2, 0.25) is 6.10 Å². The Labute approximate surface area is 146 Å². The number of hydrogen-bond donors (Lipinski definition) is 1. The number of oxime groups is 1. The zero-order valence-corrected chi connectivity index (χ0v) is 14.3. The zero-order valence-electron chi connectivity index (χ0n) is 12.7. The molecule has 1 N–H and O–H groups in total. The van der Waals surface area contributed by atoms with E-state index in [0.29, 0.717) is 11.3 Å². The van der Waals surface area contributed by atoms with Crippen molar-refractivity contribution in [2.75, 3.05) is 5.32 Å². The minimum Gasteiger partial charge on any atom is -0.383 e. The molecule has 0 aliphatic carbocycles. The van der Waals surface area contributed by atoms with Crippen molar-refractivity contribution in [3.8, 4) is 0 Å². The average molecular weight is 392 g/mol. The highest BCUT2D eigenvalue weighted by atomic mass is 79.9. The van der Waals surface area contributed by atoms with Crippen LogP contribution in [0.1, 0.15) is 12.5 Å². The van der Waals surface area contributed by atoms with Crippen molar-refractivity contribution in [2.45, 2.75) is 13.0 Å². The van der Waals surface area contributed by atoms with Crippen molar-refractivity contribution in [3.05, 3.63) is 68.7 Å². The topological polar surface area (TPSA) is 93.8 Å². The van der Waals surface area contributed by atoms with Crippen LogP contribution < -0.4 is 5.32 Å². The molecule has 7 nitrogen and oxygen atoms in total. The molecule has 0 aliphatic rings. The molecule has 124 valence electrons. The van der Waals surface area contributed by atoms with E-state index in [4.69, 9.17) is 4.84 Å². The Balaban J connectivity index is 1.95. The summed E-state index contributed by atoms with van der Waals surface area (Å²) < 4.78 is 0.902. The van der Waals surface area contributed by atoms with Crippen molar-refractivity contribution in [1.82, 2.24) is 0 Å². The van der Waals surface area contributed by atoms with Crippen molar-refractivity contribution in [1.29, 1.82) is 0 Å². The molecule has 2 aromatic carbocycles. The van der Waals surface area contributed by atoms with Crippen LogP contribution in [0.5, 0.6) is 0 Å². The number of nitrogens with one attached hydrogen (secondary N) is 1. The molecule has 2 rings (SSSR count). The molecule has 1 unspecified atom stereocenters. The fourth-order valence-electron chi connectivity index (χ4n) is 1.77. The molecule has 0 saturated heterocycles. The molecule has 0 saturated carbocycles. The van der Waals surface area contributed by atoms with Gasteiger partial charge in [-0.25, -0.2) is 0 Å². The van der Waals surface area contributed by atoms with Gasteiger partial charge in [-0.05, 0) is 37.3 Å². The Morgan fingerprint density at radius 1 is 1.29 bits per heavy atom. The summed E-state index contributed by atoms with van der Waals surface area (Å²) >= 11 is 3.31. The summed E-state index contributed by atoms with van der Waals surface area (Å²) in [5, 5.41) is 17.2. The van der Waals surface area contributed by atoms with Gasteiger partial charge in [0.15, 0.2) is 0 Å². The second-order valence-corrected chi connectivity index (χ2v) is 5.71. The maximum Gasteiger partial charge on any atom is 0.278 e. The number of benzene rings is 2. The lowest BCUT2D eigenvalue weighted by Crippen LogP contribution is -2.26. The van der Waals surface area contributed by atoms with Gasteiger partial charge in [0, 0.05) is 16.2 Å². The maximum atomic E-state index is 12.0. The van der Waals surface area contributed by atoms with Gasteiger partial charge in [-0.3, -0.25) is 14.9 Å². The van der Waals surface area contributed by atoms with Gasteiger partial charge >= 0.3 is 0 Å². The zero-order chi connectivity index (χ0) is 17.5. The van der Waals surface area contributed by atoms with E-state index in [1.807, 2.05) is 0 Å². The predicted molar refractivity (Wildman–Crippen MR) is 94.0 cm³/mol. The van der Waals surface area contributed by atoms with Gasteiger partial charge in [-0.15, -0.1) is 0 Å². The Bertz CT molecular complexity index is 762. The molecule has 0 spiro atoms. The Kier molecular flexibility index (Phi) is 6.02. The summed E-state index contributed by atoms with van der Waals surface area (Å²) in [4.78, 5) is 27.4. The third-order valence-corrected chi connectivity index (χ3v) is 3.55. The maximum absolute atomic E-state index is 12.0. The molecule has 0 fully saturated rings. The summed E-state index contributed by atoms with van der Waals surface area (Å²) in [6.45, 7) is 1.53. The molecule has 2 aromatic rings. The first kappa shape index (κ1) is 17.6.